The van der Waals surface area contributed by atoms with Crippen LogP contribution in [0.15, 0.2) is 71.4 Å². The number of benzene rings is 2. The van der Waals surface area contributed by atoms with Crippen molar-refractivity contribution in [2.45, 2.75) is 12.8 Å². The molecule has 2 aromatic carbocycles. The number of nitrogens with one attached hydrogen (secondary N) is 1. The summed E-state index contributed by atoms with van der Waals surface area (Å²) in [6.45, 7) is 3.98. The van der Waals surface area contributed by atoms with Crippen LogP contribution in [0, 0.1) is 5.92 Å². The molecular weight excluding hydrogens is 400 g/mol. The third-order valence-electron chi connectivity index (χ3n) is 6.17. The van der Waals surface area contributed by atoms with Gasteiger partial charge in [-0.05, 0) is 30.9 Å². The van der Waals surface area contributed by atoms with Crippen LogP contribution in [0.25, 0.3) is 33.6 Å². The summed E-state index contributed by atoms with van der Waals surface area (Å²) < 4.78 is 6.28. The fraction of sp³-hybridized carbons (Fsp3) is 0.308. The van der Waals surface area contributed by atoms with E-state index in [1.807, 2.05) is 36.4 Å². The topological polar surface area (TPSA) is 74.4 Å². The third kappa shape index (κ3) is 4.24. The van der Waals surface area contributed by atoms with E-state index in [1.54, 1.807) is 6.33 Å². The van der Waals surface area contributed by atoms with Crippen molar-refractivity contribution in [2.75, 3.05) is 38.1 Å². The van der Waals surface area contributed by atoms with Gasteiger partial charge in [0.25, 0.3) is 0 Å². The first kappa shape index (κ1) is 20.7. The Morgan fingerprint density at radius 1 is 1.00 bits per heavy atom. The summed E-state index contributed by atoms with van der Waals surface area (Å²) in [5.74, 6) is 1.98. The molecule has 3 heterocycles. The number of furan rings is 1. The fourth-order valence-electron chi connectivity index (χ4n) is 4.58. The van der Waals surface area contributed by atoms with Crippen molar-refractivity contribution in [3.8, 4) is 22.5 Å². The van der Waals surface area contributed by atoms with Gasteiger partial charge in [0.05, 0.1) is 5.39 Å². The van der Waals surface area contributed by atoms with Crippen molar-refractivity contribution < 1.29 is 9.52 Å². The minimum atomic E-state index is 0.272. The summed E-state index contributed by atoms with van der Waals surface area (Å²) in [7, 11) is 0. The number of aromatic nitrogens is 2. The molecule has 6 heteroatoms. The molecule has 32 heavy (non-hydrogen) atoms. The Kier molecular flexibility index (Phi) is 6.14. The molecule has 0 spiro atoms. The molecule has 0 saturated carbocycles. The van der Waals surface area contributed by atoms with Crippen molar-refractivity contribution in [3.05, 3.63) is 67.0 Å². The van der Waals surface area contributed by atoms with Crippen LogP contribution >= 0.6 is 0 Å². The van der Waals surface area contributed by atoms with Gasteiger partial charge in [0.15, 0.2) is 0 Å². The predicted molar refractivity (Wildman–Crippen MR) is 127 cm³/mol. The van der Waals surface area contributed by atoms with Gasteiger partial charge in [-0.2, -0.15) is 0 Å². The van der Waals surface area contributed by atoms with Crippen molar-refractivity contribution in [1.82, 2.24) is 14.9 Å². The minimum Gasteiger partial charge on any atom is -0.437 e. The van der Waals surface area contributed by atoms with E-state index in [9.17, 15) is 5.11 Å². The van der Waals surface area contributed by atoms with Crippen LogP contribution in [0.1, 0.15) is 12.8 Å². The number of aliphatic hydroxyl groups excluding tert-OH is 1. The lowest BCUT2D eigenvalue weighted by molar-refractivity contribution is 0.123. The number of fused-ring (bicyclic) bond motifs is 1. The molecule has 1 fully saturated rings. The Labute approximate surface area is 187 Å². The smallest absolute Gasteiger partial charge is 0.232 e. The number of piperidine rings is 1. The second-order valence-corrected chi connectivity index (χ2v) is 8.36. The van der Waals surface area contributed by atoms with E-state index in [2.05, 4.69) is 44.5 Å². The summed E-state index contributed by atoms with van der Waals surface area (Å²) in [6.07, 6.45) is 3.81. The average molecular weight is 429 g/mol. The van der Waals surface area contributed by atoms with E-state index in [4.69, 9.17) is 4.42 Å². The van der Waals surface area contributed by atoms with Crippen molar-refractivity contribution in [1.29, 1.82) is 0 Å². The molecule has 6 nitrogen and oxygen atoms in total. The molecule has 0 bridgehead atoms. The number of hydrogen-bond donors (Lipinski definition) is 2. The number of hydrogen-bond acceptors (Lipinski definition) is 6. The molecule has 0 amide bonds. The maximum Gasteiger partial charge on any atom is 0.232 e. The Bertz CT molecular complexity index is 1160. The zero-order valence-electron chi connectivity index (χ0n) is 18.1. The van der Waals surface area contributed by atoms with E-state index >= 15 is 0 Å². The predicted octanol–water partition coefficient (Wildman–Crippen LogP) is 4.67. The molecule has 1 unspecified atom stereocenters. The minimum absolute atomic E-state index is 0.272. The highest BCUT2D eigenvalue weighted by atomic mass is 16.3. The van der Waals surface area contributed by atoms with Crippen LogP contribution < -0.4 is 5.32 Å². The molecule has 1 atom stereocenters. The van der Waals surface area contributed by atoms with E-state index in [0.717, 1.165) is 72.7 Å². The maximum atomic E-state index is 9.50. The van der Waals surface area contributed by atoms with Gasteiger partial charge in [0, 0.05) is 37.4 Å². The van der Waals surface area contributed by atoms with Gasteiger partial charge in [-0.15, -0.1) is 0 Å². The largest absolute Gasteiger partial charge is 0.437 e. The van der Waals surface area contributed by atoms with Crippen molar-refractivity contribution in [2.24, 2.45) is 5.92 Å². The Morgan fingerprint density at radius 3 is 2.50 bits per heavy atom. The molecule has 164 valence electrons. The van der Waals surface area contributed by atoms with Gasteiger partial charge in [0.2, 0.25) is 5.71 Å². The molecule has 1 aliphatic heterocycles. The van der Waals surface area contributed by atoms with E-state index in [1.165, 1.54) is 0 Å². The van der Waals surface area contributed by atoms with Crippen LogP contribution in [0.4, 0.5) is 5.82 Å². The summed E-state index contributed by atoms with van der Waals surface area (Å²) in [6, 6.07) is 20.4. The molecule has 0 aliphatic carbocycles. The number of aliphatic hydroxyl groups is 1. The highest BCUT2D eigenvalue weighted by Crippen LogP contribution is 2.42. The van der Waals surface area contributed by atoms with Crippen molar-refractivity contribution >= 4 is 16.9 Å². The van der Waals surface area contributed by atoms with Crippen molar-refractivity contribution in [3.63, 3.8) is 0 Å². The lowest BCUT2D eigenvalue weighted by Gasteiger charge is -2.31. The molecule has 5 rings (SSSR count). The Balaban J connectivity index is 1.48. The number of likely N-dealkylation sites (tertiary alicyclic amines) is 1. The highest BCUT2D eigenvalue weighted by molar-refractivity contribution is 6.05. The first-order valence-corrected chi connectivity index (χ1v) is 11.3. The Morgan fingerprint density at radius 2 is 1.75 bits per heavy atom. The first-order valence-electron chi connectivity index (χ1n) is 11.3. The number of rotatable bonds is 7. The van der Waals surface area contributed by atoms with Gasteiger partial charge in [-0.25, -0.2) is 9.97 Å². The SMILES string of the molecule is OCC1CCCN(CCNc2ncnc3oc(-c4ccccc4)c(-c4ccccc4)c23)C1. The van der Waals surface area contributed by atoms with Crippen LogP contribution in [-0.2, 0) is 0 Å². The highest BCUT2D eigenvalue weighted by Gasteiger charge is 2.22. The van der Waals surface area contributed by atoms with E-state index in [-0.39, 0.29) is 6.61 Å². The zero-order chi connectivity index (χ0) is 21.8. The van der Waals surface area contributed by atoms with Gasteiger partial charge < -0.3 is 19.7 Å². The monoisotopic (exact) mass is 428 g/mol. The summed E-state index contributed by atoms with van der Waals surface area (Å²) in [5, 5.41) is 13.9. The normalized spacial score (nSPS) is 17.0. The van der Waals surface area contributed by atoms with Crippen LogP contribution in [0.5, 0.6) is 0 Å². The van der Waals surface area contributed by atoms with Crippen LogP contribution in [0.2, 0.25) is 0 Å². The van der Waals surface area contributed by atoms with E-state index in [0.29, 0.717) is 11.6 Å². The lowest BCUT2D eigenvalue weighted by atomic mass is 9.99. The third-order valence-corrected chi connectivity index (χ3v) is 6.17. The number of anilines is 1. The first-order chi connectivity index (χ1) is 15.8. The van der Waals surface area contributed by atoms with E-state index < -0.39 is 0 Å². The van der Waals surface area contributed by atoms with Gasteiger partial charge in [-0.3, -0.25) is 0 Å². The molecule has 2 aromatic heterocycles. The maximum absolute atomic E-state index is 9.50. The summed E-state index contributed by atoms with van der Waals surface area (Å²) in [4.78, 5) is 11.4. The molecular formula is C26H28N4O2. The lowest BCUT2D eigenvalue weighted by Crippen LogP contribution is -2.39. The zero-order valence-corrected chi connectivity index (χ0v) is 18.1. The van der Waals surface area contributed by atoms with Gasteiger partial charge in [-0.1, -0.05) is 60.7 Å². The molecule has 2 N–H and O–H groups in total. The fourth-order valence-corrected chi connectivity index (χ4v) is 4.58. The van der Waals surface area contributed by atoms with Crippen LogP contribution in [-0.4, -0.2) is 52.8 Å². The second kappa shape index (κ2) is 9.51. The number of nitrogens with zero attached hydrogens (tertiary/aromatic N) is 3. The summed E-state index contributed by atoms with van der Waals surface area (Å²) in [5.41, 5.74) is 3.68. The van der Waals surface area contributed by atoms with Gasteiger partial charge >= 0.3 is 0 Å². The van der Waals surface area contributed by atoms with Gasteiger partial charge in [0.1, 0.15) is 17.9 Å². The molecule has 1 saturated heterocycles. The quantitative estimate of drug-likeness (QED) is 0.445. The standard InChI is InChI=1S/C26H28N4O2/c31-17-19-8-7-14-30(16-19)15-13-27-25-23-22(20-9-3-1-4-10-20)24(21-11-5-2-6-12-21)32-26(23)29-18-28-25/h1-6,9-12,18-19,31H,7-8,13-17H2,(H,27,28,29). The molecule has 1 aliphatic rings. The average Bonchev–Trinajstić information content (AvgIpc) is 3.26. The summed E-state index contributed by atoms with van der Waals surface area (Å²) >= 11 is 0. The van der Waals surface area contributed by atoms with Crippen LogP contribution in [0.3, 0.4) is 0 Å². The second-order valence-electron chi connectivity index (χ2n) is 8.36. The Hall–Kier alpha value is -3.22. The molecule has 4 aromatic rings. The molecule has 0 radical (unpaired) electrons.